The summed E-state index contributed by atoms with van der Waals surface area (Å²) < 4.78 is 35.3. The first kappa shape index (κ1) is 25.7. The summed E-state index contributed by atoms with van der Waals surface area (Å²) in [6.07, 6.45) is 3.41. The molecule has 0 radical (unpaired) electrons. The first-order valence-electron chi connectivity index (χ1n) is 13.9. The van der Waals surface area contributed by atoms with Crippen molar-refractivity contribution in [2.24, 2.45) is 0 Å². The van der Waals surface area contributed by atoms with E-state index in [1.54, 1.807) is 17.1 Å². The monoisotopic (exact) mass is 561 g/mol. The van der Waals surface area contributed by atoms with Crippen molar-refractivity contribution in [1.82, 2.24) is 34.4 Å². The third kappa shape index (κ3) is 5.19. The number of hydrogen-bond donors (Lipinski definition) is 2. The minimum atomic E-state index is -0.265. The smallest absolute Gasteiger partial charge is 0.223 e. The molecule has 0 amide bonds. The molecule has 0 aliphatic carbocycles. The summed E-state index contributed by atoms with van der Waals surface area (Å²) in [6.45, 7) is 7.23. The van der Waals surface area contributed by atoms with Gasteiger partial charge in [-0.1, -0.05) is 0 Å². The summed E-state index contributed by atoms with van der Waals surface area (Å²) in [5, 5.41) is 7.87. The fourth-order valence-corrected chi connectivity index (χ4v) is 5.48. The molecule has 4 aromatic heterocycles. The number of piperazine rings is 1. The molecule has 214 valence electrons. The van der Waals surface area contributed by atoms with Crippen LogP contribution >= 0.6 is 0 Å². The van der Waals surface area contributed by atoms with Crippen molar-refractivity contribution in [2.75, 3.05) is 69.7 Å². The summed E-state index contributed by atoms with van der Waals surface area (Å²) in [5.41, 5.74) is 9.77. The number of aromatic nitrogens is 5. The minimum Gasteiger partial charge on any atom is -0.492 e. The van der Waals surface area contributed by atoms with Crippen LogP contribution < -0.4 is 20.7 Å². The van der Waals surface area contributed by atoms with Gasteiger partial charge in [-0.15, -0.1) is 0 Å². The highest BCUT2D eigenvalue weighted by molar-refractivity contribution is 5.90. The lowest BCUT2D eigenvalue weighted by atomic mass is 10.2. The van der Waals surface area contributed by atoms with Gasteiger partial charge in [-0.05, 0) is 30.3 Å². The highest BCUT2D eigenvalue weighted by atomic mass is 19.1. The Morgan fingerprint density at radius 1 is 1.12 bits per heavy atom. The highest BCUT2D eigenvalue weighted by Gasteiger charge is 2.22. The SMILES string of the molecule is Nc1nc2c(ncn2CCN2CCN(c3ccc(OCC4COCCN4)cc3F)CC2)c2cc(-c3ccco3)nn12. The maximum Gasteiger partial charge on any atom is 0.223 e. The molecule has 3 N–H and O–H groups in total. The van der Waals surface area contributed by atoms with Crippen LogP contribution in [0.25, 0.3) is 28.1 Å². The van der Waals surface area contributed by atoms with E-state index in [2.05, 4.69) is 30.2 Å². The van der Waals surface area contributed by atoms with Crippen molar-refractivity contribution in [3.8, 4) is 17.2 Å². The number of nitrogen functional groups attached to an aromatic ring is 1. The number of benzene rings is 1. The molecule has 2 aliphatic rings. The van der Waals surface area contributed by atoms with E-state index in [0.717, 1.165) is 55.9 Å². The first-order valence-corrected chi connectivity index (χ1v) is 13.9. The normalized spacial score (nSPS) is 18.5. The van der Waals surface area contributed by atoms with E-state index in [-0.39, 0.29) is 11.9 Å². The van der Waals surface area contributed by atoms with E-state index < -0.39 is 0 Å². The van der Waals surface area contributed by atoms with Crippen LogP contribution in [-0.2, 0) is 11.3 Å². The summed E-state index contributed by atoms with van der Waals surface area (Å²) >= 11 is 0. The molecule has 7 rings (SSSR count). The van der Waals surface area contributed by atoms with Crippen LogP contribution in [0.3, 0.4) is 0 Å². The Hall–Kier alpha value is -4.20. The molecule has 0 bridgehead atoms. The van der Waals surface area contributed by atoms with Crippen LogP contribution in [0.1, 0.15) is 0 Å². The quantitative estimate of drug-likeness (QED) is 0.292. The molecule has 12 nitrogen and oxygen atoms in total. The maximum atomic E-state index is 15.0. The number of nitrogens with one attached hydrogen (secondary N) is 1. The minimum absolute atomic E-state index is 0.125. The lowest BCUT2D eigenvalue weighted by Gasteiger charge is -2.36. The van der Waals surface area contributed by atoms with Gasteiger partial charge in [0.15, 0.2) is 11.4 Å². The largest absolute Gasteiger partial charge is 0.492 e. The average molecular weight is 562 g/mol. The van der Waals surface area contributed by atoms with E-state index in [9.17, 15) is 4.39 Å². The Kier molecular flexibility index (Phi) is 6.90. The van der Waals surface area contributed by atoms with Gasteiger partial charge in [0.05, 0.1) is 37.5 Å². The lowest BCUT2D eigenvalue weighted by molar-refractivity contribution is 0.0592. The first-order chi connectivity index (χ1) is 20.1. The third-order valence-electron chi connectivity index (χ3n) is 7.71. The molecule has 0 spiro atoms. The van der Waals surface area contributed by atoms with E-state index >= 15 is 0 Å². The van der Waals surface area contributed by atoms with Crippen LogP contribution in [0, 0.1) is 5.82 Å². The third-order valence-corrected chi connectivity index (χ3v) is 7.71. The van der Waals surface area contributed by atoms with Gasteiger partial charge < -0.3 is 34.4 Å². The Bertz CT molecular complexity index is 1640. The fraction of sp³-hybridized carbons (Fsp3) is 0.393. The molecule has 2 saturated heterocycles. The van der Waals surface area contributed by atoms with Gasteiger partial charge in [0.2, 0.25) is 5.95 Å². The van der Waals surface area contributed by atoms with Crippen molar-refractivity contribution < 1.29 is 18.3 Å². The number of hydrogen-bond acceptors (Lipinski definition) is 10. The Balaban J connectivity index is 0.962. The Morgan fingerprint density at radius 2 is 2.02 bits per heavy atom. The van der Waals surface area contributed by atoms with E-state index in [4.69, 9.17) is 19.6 Å². The predicted octanol–water partition coefficient (Wildman–Crippen LogP) is 2.25. The van der Waals surface area contributed by atoms with Gasteiger partial charge in [-0.2, -0.15) is 14.6 Å². The van der Waals surface area contributed by atoms with Crippen molar-refractivity contribution in [3.05, 3.63) is 54.8 Å². The molecule has 0 saturated carbocycles. The van der Waals surface area contributed by atoms with Crippen LogP contribution in [0.15, 0.2) is 53.4 Å². The van der Waals surface area contributed by atoms with Gasteiger partial charge in [0, 0.05) is 51.9 Å². The highest BCUT2D eigenvalue weighted by Crippen LogP contribution is 2.27. The van der Waals surface area contributed by atoms with E-state index in [1.807, 2.05) is 34.9 Å². The van der Waals surface area contributed by atoms with Gasteiger partial charge in [-0.3, -0.25) is 4.90 Å². The number of rotatable bonds is 8. The molecule has 1 unspecified atom stereocenters. The second-order valence-corrected chi connectivity index (χ2v) is 10.4. The molecule has 1 aromatic carbocycles. The second-order valence-electron chi connectivity index (χ2n) is 10.4. The maximum absolute atomic E-state index is 15.0. The standard InChI is InChI=1S/C28H32FN9O3/c29-21-14-20(41-17-19-16-39-13-5-31-19)3-4-23(21)36-9-6-35(7-10-36)8-11-37-18-32-26-24-15-22(25-2-1-12-40-25)34-38(24)28(30)33-27(26)37/h1-4,12,14-15,18-19,31H,5-11,13,16-17H2,(H2,30,33). The lowest BCUT2D eigenvalue weighted by Crippen LogP contribution is -2.47. The zero-order chi connectivity index (χ0) is 27.8. The summed E-state index contributed by atoms with van der Waals surface area (Å²) in [7, 11) is 0. The average Bonchev–Trinajstić information content (AvgIpc) is 3.76. The van der Waals surface area contributed by atoms with Crippen molar-refractivity contribution >= 4 is 28.3 Å². The van der Waals surface area contributed by atoms with Gasteiger partial charge in [0.25, 0.3) is 0 Å². The zero-order valence-electron chi connectivity index (χ0n) is 22.6. The molecule has 1 atom stereocenters. The van der Waals surface area contributed by atoms with Crippen molar-refractivity contribution in [1.29, 1.82) is 0 Å². The molecular formula is C28H32FN9O3. The number of anilines is 2. The Morgan fingerprint density at radius 3 is 2.80 bits per heavy atom. The number of fused-ring (bicyclic) bond motifs is 3. The number of nitrogens with zero attached hydrogens (tertiary/aromatic N) is 7. The Labute approximate surface area is 235 Å². The van der Waals surface area contributed by atoms with E-state index in [0.29, 0.717) is 55.2 Å². The molecule has 6 heterocycles. The topological polar surface area (TPSA) is 124 Å². The van der Waals surface area contributed by atoms with Crippen LogP contribution in [-0.4, -0.2) is 94.2 Å². The zero-order valence-corrected chi connectivity index (χ0v) is 22.6. The van der Waals surface area contributed by atoms with Gasteiger partial charge in [0.1, 0.15) is 34.9 Å². The van der Waals surface area contributed by atoms with Crippen LogP contribution in [0.2, 0.25) is 0 Å². The molecule has 2 fully saturated rings. The van der Waals surface area contributed by atoms with Crippen LogP contribution in [0.5, 0.6) is 5.75 Å². The number of morpholine rings is 1. The summed E-state index contributed by atoms with van der Waals surface area (Å²) in [6, 6.07) is 10.8. The number of halogens is 1. The van der Waals surface area contributed by atoms with Crippen LogP contribution in [0.4, 0.5) is 16.0 Å². The molecule has 2 aliphatic heterocycles. The summed E-state index contributed by atoms with van der Waals surface area (Å²) in [5.74, 6) is 1.22. The predicted molar refractivity (Wildman–Crippen MR) is 152 cm³/mol. The molecule has 13 heteroatoms. The van der Waals surface area contributed by atoms with Crippen molar-refractivity contribution in [3.63, 3.8) is 0 Å². The molecule has 5 aromatic rings. The number of furan rings is 1. The van der Waals surface area contributed by atoms with Crippen molar-refractivity contribution in [2.45, 2.75) is 12.6 Å². The summed E-state index contributed by atoms with van der Waals surface area (Å²) in [4.78, 5) is 13.7. The van der Waals surface area contributed by atoms with Gasteiger partial charge in [-0.25, -0.2) is 9.37 Å². The molecule has 41 heavy (non-hydrogen) atoms. The second kappa shape index (κ2) is 11.0. The molecular weight excluding hydrogens is 529 g/mol. The fourth-order valence-electron chi connectivity index (χ4n) is 5.48. The van der Waals surface area contributed by atoms with Gasteiger partial charge >= 0.3 is 0 Å². The number of ether oxygens (including phenoxy) is 2. The number of nitrogens with two attached hydrogens (primary N) is 1. The van der Waals surface area contributed by atoms with E-state index in [1.165, 1.54) is 6.07 Å². The number of imidazole rings is 1.